The van der Waals surface area contributed by atoms with Crippen LogP contribution in [0.3, 0.4) is 0 Å². The predicted molar refractivity (Wildman–Crippen MR) is 134 cm³/mol. The average Bonchev–Trinajstić information content (AvgIpc) is 3.26. The Hall–Kier alpha value is -3.52. The van der Waals surface area contributed by atoms with Crippen LogP contribution in [0.5, 0.6) is 11.6 Å². The molecule has 0 amide bonds. The Kier molecular flexibility index (Phi) is 5.03. The number of rotatable bonds is 3. The monoisotopic (exact) mass is 530 g/mol. The van der Waals surface area contributed by atoms with Gasteiger partial charge in [-0.1, -0.05) is 54.0 Å². The normalized spacial score (nSPS) is 18.7. The number of allylic oxidation sites excluding steroid dienone is 2. The van der Waals surface area contributed by atoms with Crippen LogP contribution in [-0.4, -0.2) is 32.5 Å². The van der Waals surface area contributed by atoms with Crippen molar-refractivity contribution in [1.29, 1.82) is 0 Å². The molecule has 35 heavy (non-hydrogen) atoms. The van der Waals surface area contributed by atoms with Gasteiger partial charge in [0.15, 0.2) is 17.3 Å². The van der Waals surface area contributed by atoms with E-state index in [0.717, 1.165) is 26.9 Å². The molecule has 0 N–H and O–H groups in total. The number of hydrogen-bond donors (Lipinski definition) is 0. The molecule has 1 unspecified atom stereocenters. The number of Topliss-reactive ketones (excluding diaryl/α,β-unsaturated/α-hetero) is 1. The number of ether oxygens (including phenoxy) is 2. The van der Waals surface area contributed by atoms with Crippen molar-refractivity contribution >= 4 is 27.4 Å². The maximum absolute atomic E-state index is 13.5. The molecule has 4 aromatic rings. The van der Waals surface area contributed by atoms with Crippen LogP contribution in [0, 0.1) is 5.41 Å². The second kappa shape index (κ2) is 8.02. The van der Waals surface area contributed by atoms with Gasteiger partial charge in [0.2, 0.25) is 5.88 Å². The summed E-state index contributed by atoms with van der Waals surface area (Å²) in [6.45, 7) is 4.18. The van der Waals surface area contributed by atoms with Crippen LogP contribution < -0.4 is 9.47 Å². The number of carbonyl (C=O) groups is 1. The fourth-order valence-electron chi connectivity index (χ4n) is 5.03. The van der Waals surface area contributed by atoms with Gasteiger partial charge in [0.25, 0.3) is 0 Å². The molecule has 0 saturated heterocycles. The lowest BCUT2D eigenvalue weighted by molar-refractivity contribution is -0.118. The fraction of sp³-hybridized carbons (Fsp3) is 0.259. The highest BCUT2D eigenvalue weighted by Crippen LogP contribution is 2.50. The number of aromatic nitrogens is 4. The Bertz CT molecular complexity index is 1520. The van der Waals surface area contributed by atoms with Crippen molar-refractivity contribution in [3.05, 3.63) is 81.8 Å². The first-order chi connectivity index (χ1) is 16.8. The number of carbonyl (C=O) groups excluding carboxylic acids is 1. The van der Waals surface area contributed by atoms with Crippen molar-refractivity contribution in [2.24, 2.45) is 5.41 Å². The number of benzene rings is 2. The number of hydrogen-bond acceptors (Lipinski definition) is 6. The molecule has 1 aliphatic heterocycles. The highest BCUT2D eigenvalue weighted by Gasteiger charge is 2.44. The lowest BCUT2D eigenvalue weighted by Crippen LogP contribution is -2.33. The molecular weight excluding hydrogens is 508 g/mol. The molecule has 3 heterocycles. The van der Waals surface area contributed by atoms with E-state index in [1.54, 1.807) is 18.0 Å². The van der Waals surface area contributed by atoms with Gasteiger partial charge in [-0.2, -0.15) is 0 Å². The van der Waals surface area contributed by atoms with Gasteiger partial charge < -0.3 is 9.47 Å². The minimum atomic E-state index is -0.365. The summed E-state index contributed by atoms with van der Waals surface area (Å²) < 4.78 is 14.2. The highest BCUT2D eigenvalue weighted by atomic mass is 79.9. The zero-order valence-corrected chi connectivity index (χ0v) is 21.2. The molecule has 0 saturated carbocycles. The first-order valence-corrected chi connectivity index (χ1v) is 12.2. The third kappa shape index (κ3) is 3.63. The zero-order chi connectivity index (χ0) is 24.3. The summed E-state index contributed by atoms with van der Waals surface area (Å²) in [5.74, 6) is 2.21. The van der Waals surface area contributed by atoms with Crippen LogP contribution in [0.15, 0.2) is 70.7 Å². The summed E-state index contributed by atoms with van der Waals surface area (Å²) in [6, 6.07) is 15.6. The van der Waals surface area contributed by atoms with E-state index in [4.69, 9.17) is 19.6 Å². The van der Waals surface area contributed by atoms with Gasteiger partial charge in [-0.15, -0.1) is 5.10 Å². The van der Waals surface area contributed by atoms with Crippen LogP contribution in [0.2, 0.25) is 0 Å². The van der Waals surface area contributed by atoms with Crippen LogP contribution in [0.25, 0.3) is 17.0 Å². The number of methoxy groups -OCH3 is 1. The quantitative estimate of drug-likeness (QED) is 0.336. The lowest BCUT2D eigenvalue weighted by Gasteiger charge is -2.37. The van der Waals surface area contributed by atoms with Crippen LogP contribution in [0.1, 0.15) is 43.7 Å². The number of ketones is 1. The van der Waals surface area contributed by atoms with Crippen LogP contribution in [0.4, 0.5) is 0 Å². The Morgan fingerprint density at radius 3 is 2.63 bits per heavy atom. The second-order valence-corrected chi connectivity index (χ2v) is 10.6. The molecule has 6 rings (SSSR count). The van der Waals surface area contributed by atoms with Crippen molar-refractivity contribution in [3.8, 4) is 23.0 Å². The third-order valence-electron chi connectivity index (χ3n) is 6.63. The molecule has 176 valence electrons. The first kappa shape index (κ1) is 22.0. The Labute approximate surface area is 210 Å². The van der Waals surface area contributed by atoms with Crippen molar-refractivity contribution in [3.63, 3.8) is 0 Å². The summed E-state index contributed by atoms with van der Waals surface area (Å²) >= 11 is 3.60. The van der Waals surface area contributed by atoms with Crippen molar-refractivity contribution < 1.29 is 14.3 Å². The average molecular weight is 531 g/mol. The van der Waals surface area contributed by atoms with E-state index >= 15 is 0 Å². The number of nitrogens with zero attached hydrogens (tertiary/aromatic N) is 4. The Morgan fingerprint density at radius 1 is 1.11 bits per heavy atom. The molecule has 2 aromatic carbocycles. The largest absolute Gasteiger partial charge is 0.497 e. The van der Waals surface area contributed by atoms with Crippen molar-refractivity contribution in [2.45, 2.75) is 32.6 Å². The summed E-state index contributed by atoms with van der Waals surface area (Å²) in [6.07, 6.45) is 2.75. The predicted octanol–water partition coefficient (Wildman–Crippen LogP) is 5.73. The topological polar surface area (TPSA) is 78.6 Å². The molecule has 1 atom stereocenters. The highest BCUT2D eigenvalue weighted by molar-refractivity contribution is 9.10. The van der Waals surface area contributed by atoms with E-state index in [9.17, 15) is 4.79 Å². The lowest BCUT2D eigenvalue weighted by atomic mass is 9.70. The standard InChI is InChI=1S/C27H23BrN4O3/c1-27(2)12-19(33)22-20(13-27)35-26-23(21(22)15-8-10-16(34-3)11-9-15)25-30-24(31-32(25)14-29-26)17-6-4-5-7-18(17)28/h4-11,14,21H,12-13H2,1-3H3. The Balaban J connectivity index is 1.60. The minimum absolute atomic E-state index is 0.0928. The van der Waals surface area contributed by atoms with E-state index < -0.39 is 0 Å². The number of fused-ring (bicyclic) bond motifs is 3. The van der Waals surface area contributed by atoms with Gasteiger partial charge in [0, 0.05) is 34.4 Å². The van der Waals surface area contributed by atoms with E-state index in [2.05, 4.69) is 34.8 Å². The van der Waals surface area contributed by atoms with Crippen molar-refractivity contribution in [1.82, 2.24) is 19.6 Å². The van der Waals surface area contributed by atoms with E-state index in [0.29, 0.717) is 41.5 Å². The van der Waals surface area contributed by atoms with Gasteiger partial charge in [0.05, 0.1) is 12.7 Å². The van der Waals surface area contributed by atoms with Gasteiger partial charge in [-0.25, -0.2) is 14.5 Å². The molecule has 8 heteroatoms. The van der Waals surface area contributed by atoms with Gasteiger partial charge >= 0.3 is 0 Å². The molecule has 0 fully saturated rings. The molecule has 2 aromatic heterocycles. The van der Waals surface area contributed by atoms with Gasteiger partial charge in [-0.05, 0) is 35.2 Å². The van der Waals surface area contributed by atoms with E-state index in [1.807, 2.05) is 48.5 Å². The smallest absolute Gasteiger partial charge is 0.228 e. The second-order valence-electron chi connectivity index (χ2n) is 9.73. The molecule has 0 spiro atoms. The SMILES string of the molecule is COc1ccc(C2C3=C(CC(C)(C)CC3=O)Oc3ncn4nc(-c5ccccc5Br)nc4c32)cc1. The third-order valence-corrected chi connectivity index (χ3v) is 7.32. The maximum Gasteiger partial charge on any atom is 0.228 e. The van der Waals surface area contributed by atoms with Gasteiger partial charge in [0.1, 0.15) is 17.8 Å². The summed E-state index contributed by atoms with van der Waals surface area (Å²) in [4.78, 5) is 23.0. The Morgan fingerprint density at radius 2 is 1.89 bits per heavy atom. The number of halogens is 1. The van der Waals surface area contributed by atoms with Crippen molar-refractivity contribution in [2.75, 3.05) is 7.11 Å². The van der Waals surface area contributed by atoms with Crippen LogP contribution >= 0.6 is 15.9 Å². The fourth-order valence-corrected chi connectivity index (χ4v) is 5.49. The molecule has 0 bridgehead atoms. The molecular formula is C27H23BrN4O3. The summed E-state index contributed by atoms with van der Waals surface area (Å²) in [7, 11) is 1.64. The molecule has 1 aliphatic carbocycles. The minimum Gasteiger partial charge on any atom is -0.497 e. The zero-order valence-electron chi connectivity index (χ0n) is 19.6. The van der Waals surface area contributed by atoms with E-state index in [-0.39, 0.29) is 17.1 Å². The molecule has 7 nitrogen and oxygen atoms in total. The first-order valence-electron chi connectivity index (χ1n) is 11.4. The summed E-state index contributed by atoms with van der Waals surface area (Å²) in [5, 5.41) is 4.69. The maximum atomic E-state index is 13.5. The molecule has 0 radical (unpaired) electrons. The summed E-state index contributed by atoms with van der Waals surface area (Å²) in [5.41, 5.74) is 3.70. The molecule has 2 aliphatic rings. The van der Waals surface area contributed by atoms with Gasteiger partial charge in [-0.3, -0.25) is 4.79 Å². The van der Waals surface area contributed by atoms with Crippen LogP contribution in [-0.2, 0) is 4.79 Å². The van der Waals surface area contributed by atoms with E-state index in [1.165, 1.54) is 0 Å².